The summed E-state index contributed by atoms with van der Waals surface area (Å²) in [6.07, 6.45) is 3.83. The number of benzene rings is 2. The molecule has 3 aromatic rings. The highest BCUT2D eigenvalue weighted by atomic mass is 32.2. The predicted octanol–water partition coefficient (Wildman–Crippen LogP) is 5.62. The zero-order chi connectivity index (χ0) is 32.7. The number of hydrogen-bond donors (Lipinski definition) is 1. The van der Waals surface area contributed by atoms with E-state index >= 15 is 0 Å². The van der Waals surface area contributed by atoms with Crippen LogP contribution < -0.4 is 15.4 Å². The minimum atomic E-state index is -4.44. The predicted molar refractivity (Wildman–Crippen MR) is 173 cm³/mol. The molecule has 1 aliphatic carbocycles. The second-order valence-corrected chi connectivity index (χ2v) is 14.8. The number of nitrogens with two attached hydrogens (primary N) is 1. The van der Waals surface area contributed by atoms with Crippen LogP contribution in [0.3, 0.4) is 0 Å². The van der Waals surface area contributed by atoms with Gasteiger partial charge in [0.25, 0.3) is 0 Å². The minimum absolute atomic E-state index is 0.0892. The van der Waals surface area contributed by atoms with E-state index in [1.165, 1.54) is 13.2 Å². The normalized spacial score (nSPS) is 21.8. The van der Waals surface area contributed by atoms with E-state index in [-0.39, 0.29) is 28.8 Å². The molecule has 6 rings (SSSR count). The van der Waals surface area contributed by atoms with Gasteiger partial charge in [0.1, 0.15) is 12.3 Å². The van der Waals surface area contributed by atoms with Crippen LogP contribution >= 0.6 is 0 Å². The SMILES string of the molecule is COc1cc(S(C)(=O)=O)ccc1N(CC#Cc1cc2c(N)cccc2n1CC(F)(F)F)C1CCC(N2CCC3(CCO3)CC2)CC1. The molecule has 3 aliphatic rings. The summed E-state index contributed by atoms with van der Waals surface area (Å²) in [5.74, 6) is 6.56. The molecule has 0 unspecified atom stereocenters. The molecular formula is C34H41F3N4O4S. The Balaban J connectivity index is 1.27. The van der Waals surface area contributed by atoms with Gasteiger partial charge in [-0.2, -0.15) is 13.2 Å². The quantitative estimate of drug-likeness (QED) is 0.260. The smallest absolute Gasteiger partial charge is 0.406 e. The first kappa shape index (κ1) is 32.5. The number of fused-ring (bicyclic) bond motifs is 1. The van der Waals surface area contributed by atoms with Gasteiger partial charge >= 0.3 is 6.18 Å². The Morgan fingerprint density at radius 3 is 2.41 bits per heavy atom. The molecule has 2 aliphatic heterocycles. The van der Waals surface area contributed by atoms with Gasteiger partial charge in [-0.25, -0.2) is 8.42 Å². The molecule has 0 radical (unpaired) electrons. The van der Waals surface area contributed by atoms with Crippen molar-refractivity contribution in [2.45, 2.75) is 80.2 Å². The van der Waals surface area contributed by atoms with Crippen LogP contribution in [0.1, 0.15) is 50.6 Å². The molecule has 0 amide bonds. The number of anilines is 2. The van der Waals surface area contributed by atoms with Crippen LogP contribution in [0.4, 0.5) is 24.5 Å². The van der Waals surface area contributed by atoms with Gasteiger partial charge in [-0.3, -0.25) is 0 Å². The molecule has 2 N–H and O–H groups in total. The lowest BCUT2D eigenvalue weighted by molar-refractivity contribution is -0.176. The lowest BCUT2D eigenvalue weighted by Gasteiger charge is -2.50. The van der Waals surface area contributed by atoms with Crippen LogP contribution in [0.25, 0.3) is 10.9 Å². The Morgan fingerprint density at radius 2 is 1.80 bits per heavy atom. The minimum Gasteiger partial charge on any atom is -0.495 e. The van der Waals surface area contributed by atoms with Crippen LogP contribution in [-0.4, -0.2) is 81.4 Å². The summed E-state index contributed by atoms with van der Waals surface area (Å²) < 4.78 is 78.1. The number of sulfone groups is 1. The van der Waals surface area contributed by atoms with E-state index < -0.39 is 22.6 Å². The maximum Gasteiger partial charge on any atom is 0.406 e. The lowest BCUT2D eigenvalue weighted by atomic mass is 9.82. The number of aromatic nitrogens is 1. The zero-order valence-corrected chi connectivity index (χ0v) is 27.1. The highest BCUT2D eigenvalue weighted by Crippen LogP contribution is 2.40. The molecule has 0 bridgehead atoms. The van der Waals surface area contributed by atoms with Crippen LogP contribution in [0.2, 0.25) is 0 Å². The summed E-state index contributed by atoms with van der Waals surface area (Å²) in [5, 5.41) is 0.525. The van der Waals surface area contributed by atoms with Gasteiger partial charge in [0.2, 0.25) is 0 Å². The van der Waals surface area contributed by atoms with Crippen LogP contribution in [0, 0.1) is 11.8 Å². The van der Waals surface area contributed by atoms with E-state index in [2.05, 4.69) is 21.6 Å². The first-order valence-corrected chi connectivity index (χ1v) is 17.7. The van der Waals surface area contributed by atoms with E-state index in [0.717, 1.165) is 75.5 Å². The monoisotopic (exact) mass is 658 g/mol. The highest BCUT2D eigenvalue weighted by molar-refractivity contribution is 7.90. The summed E-state index contributed by atoms with van der Waals surface area (Å²) in [6.45, 7) is 2.00. The van der Waals surface area contributed by atoms with Crippen molar-refractivity contribution in [1.29, 1.82) is 0 Å². The fraction of sp³-hybridized carbons (Fsp3) is 0.529. The molecular weight excluding hydrogens is 617 g/mol. The number of nitrogen functional groups attached to an aromatic ring is 1. The second-order valence-electron chi connectivity index (χ2n) is 12.8. The highest BCUT2D eigenvalue weighted by Gasteiger charge is 2.42. The molecule has 1 spiro atoms. The Bertz CT molecular complexity index is 1740. The van der Waals surface area contributed by atoms with E-state index in [4.69, 9.17) is 15.2 Å². The van der Waals surface area contributed by atoms with Gasteiger partial charge in [-0.15, -0.1) is 0 Å². The molecule has 8 nitrogen and oxygen atoms in total. The van der Waals surface area contributed by atoms with Gasteiger partial charge in [0.05, 0.1) is 47.7 Å². The number of likely N-dealkylation sites (tertiary alicyclic amines) is 1. The van der Waals surface area contributed by atoms with Crippen molar-refractivity contribution in [3.8, 4) is 17.6 Å². The maximum atomic E-state index is 13.6. The zero-order valence-electron chi connectivity index (χ0n) is 26.3. The van der Waals surface area contributed by atoms with Gasteiger partial charge < -0.3 is 29.6 Å². The van der Waals surface area contributed by atoms with E-state index in [1.54, 1.807) is 36.4 Å². The van der Waals surface area contributed by atoms with Crippen molar-refractivity contribution >= 4 is 32.1 Å². The molecule has 3 fully saturated rings. The van der Waals surface area contributed by atoms with E-state index in [9.17, 15) is 21.6 Å². The maximum absolute atomic E-state index is 13.6. The first-order chi connectivity index (χ1) is 21.9. The largest absolute Gasteiger partial charge is 0.495 e. The Kier molecular flexibility index (Phi) is 8.95. The standard InChI is InChI=1S/C34H41F3N4O4S/c1-44-32-22-27(46(2,42)43)12-13-31(32)40(25-10-8-24(9-11-25)39-18-14-33(15-19-39)16-20-45-33)17-4-5-26-21-28-29(38)6-3-7-30(28)41(26)23-34(35,36)37/h3,6-7,12-13,21-22,24-25H,8-11,14-20,23,38H2,1-2H3. The Hall–Kier alpha value is -3.40. The third-order valence-corrected chi connectivity index (χ3v) is 11.1. The van der Waals surface area contributed by atoms with Gasteiger partial charge in [0, 0.05) is 48.6 Å². The van der Waals surface area contributed by atoms with Crippen molar-refractivity contribution in [3.63, 3.8) is 0 Å². The molecule has 2 saturated heterocycles. The number of nitrogens with zero attached hydrogens (tertiary/aromatic N) is 3. The average Bonchev–Trinajstić information content (AvgIpc) is 3.35. The summed E-state index contributed by atoms with van der Waals surface area (Å²) in [4.78, 5) is 4.86. The number of alkyl halides is 3. The number of piperidine rings is 1. The first-order valence-electron chi connectivity index (χ1n) is 15.8. The molecule has 1 saturated carbocycles. The summed E-state index contributed by atoms with van der Waals surface area (Å²) in [6, 6.07) is 11.9. The number of rotatable bonds is 7. The van der Waals surface area contributed by atoms with Crippen LogP contribution in [0.5, 0.6) is 5.75 Å². The molecule has 2 aromatic carbocycles. The number of hydrogen-bond acceptors (Lipinski definition) is 7. The van der Waals surface area contributed by atoms with E-state index in [0.29, 0.717) is 34.1 Å². The number of ether oxygens (including phenoxy) is 2. The van der Waals surface area contributed by atoms with E-state index in [1.807, 2.05) is 0 Å². The fourth-order valence-electron chi connectivity index (χ4n) is 7.33. The summed E-state index contributed by atoms with van der Waals surface area (Å²) >= 11 is 0. The molecule has 46 heavy (non-hydrogen) atoms. The summed E-state index contributed by atoms with van der Waals surface area (Å²) in [5.41, 5.74) is 7.90. The van der Waals surface area contributed by atoms with Crippen molar-refractivity contribution in [3.05, 3.63) is 48.2 Å². The van der Waals surface area contributed by atoms with Crippen LogP contribution in [-0.2, 0) is 21.1 Å². The van der Waals surface area contributed by atoms with Crippen molar-refractivity contribution in [2.75, 3.05) is 50.2 Å². The molecule has 12 heteroatoms. The lowest BCUT2D eigenvalue weighted by Crippen LogP contribution is -2.55. The van der Waals surface area contributed by atoms with Crippen molar-refractivity contribution in [1.82, 2.24) is 9.47 Å². The Labute approximate surface area is 268 Å². The molecule has 3 heterocycles. The van der Waals surface area contributed by atoms with Crippen LogP contribution in [0.15, 0.2) is 47.4 Å². The second kappa shape index (κ2) is 12.7. The van der Waals surface area contributed by atoms with Gasteiger partial charge in [-0.05, 0) is 81.2 Å². The van der Waals surface area contributed by atoms with Gasteiger partial charge in [-0.1, -0.05) is 12.0 Å². The van der Waals surface area contributed by atoms with Gasteiger partial charge in [0.15, 0.2) is 9.84 Å². The molecule has 248 valence electrons. The molecule has 0 atom stereocenters. The molecule has 1 aromatic heterocycles. The third kappa shape index (κ3) is 6.82. The number of methoxy groups -OCH3 is 1. The third-order valence-electron chi connectivity index (χ3n) is 9.97. The number of halogens is 3. The topological polar surface area (TPSA) is 90.0 Å². The van der Waals surface area contributed by atoms with Crippen molar-refractivity contribution < 1.29 is 31.1 Å². The fourth-order valence-corrected chi connectivity index (χ4v) is 7.97. The Morgan fingerprint density at radius 1 is 1.09 bits per heavy atom. The van der Waals surface area contributed by atoms with Crippen molar-refractivity contribution in [2.24, 2.45) is 0 Å². The summed E-state index contributed by atoms with van der Waals surface area (Å²) in [7, 11) is -1.96. The average molecular weight is 659 g/mol.